The van der Waals surface area contributed by atoms with Gasteiger partial charge in [-0.05, 0) is 36.8 Å². The second kappa shape index (κ2) is 6.50. The van der Waals surface area contributed by atoms with Crippen molar-refractivity contribution in [1.29, 1.82) is 0 Å². The number of aryl methyl sites for hydroxylation is 2. The molecule has 2 aromatic rings. The second-order valence-corrected chi connectivity index (χ2v) is 5.67. The van der Waals surface area contributed by atoms with Crippen molar-refractivity contribution in [2.75, 3.05) is 0 Å². The maximum absolute atomic E-state index is 11.8. The van der Waals surface area contributed by atoms with E-state index in [0.29, 0.717) is 18.6 Å². The van der Waals surface area contributed by atoms with Gasteiger partial charge < -0.3 is 0 Å². The first-order valence-electron chi connectivity index (χ1n) is 6.33. The zero-order chi connectivity index (χ0) is 12.8. The zero-order valence-corrected chi connectivity index (χ0v) is 11.5. The smallest absolute Gasteiger partial charge is 0.137 e. The highest BCUT2D eigenvalue weighted by molar-refractivity contribution is 7.09. The summed E-state index contributed by atoms with van der Waals surface area (Å²) in [6.07, 6.45) is 3.25. The SMILES string of the molecule is Cc1ccc(CC(=O)CCCc2cccs2)cc1. The van der Waals surface area contributed by atoms with Crippen LogP contribution in [-0.4, -0.2) is 5.78 Å². The number of carbonyl (C=O) groups is 1. The highest BCUT2D eigenvalue weighted by Crippen LogP contribution is 2.13. The van der Waals surface area contributed by atoms with Crippen molar-refractivity contribution in [2.24, 2.45) is 0 Å². The molecule has 0 spiro atoms. The fourth-order valence-corrected chi connectivity index (χ4v) is 2.69. The van der Waals surface area contributed by atoms with E-state index in [4.69, 9.17) is 0 Å². The van der Waals surface area contributed by atoms with Crippen LogP contribution in [0, 0.1) is 6.92 Å². The van der Waals surface area contributed by atoms with Gasteiger partial charge in [-0.25, -0.2) is 0 Å². The van der Waals surface area contributed by atoms with Crippen LogP contribution in [0.3, 0.4) is 0 Å². The van der Waals surface area contributed by atoms with E-state index in [2.05, 4.69) is 36.6 Å². The summed E-state index contributed by atoms with van der Waals surface area (Å²) in [4.78, 5) is 13.2. The number of benzene rings is 1. The number of Topliss-reactive ketones (excluding diaryl/α,β-unsaturated/α-hetero) is 1. The highest BCUT2D eigenvalue weighted by atomic mass is 32.1. The molecular weight excluding hydrogens is 240 g/mol. The summed E-state index contributed by atoms with van der Waals surface area (Å²) in [5.74, 6) is 0.343. The maximum atomic E-state index is 11.8. The summed E-state index contributed by atoms with van der Waals surface area (Å²) in [6, 6.07) is 12.4. The van der Waals surface area contributed by atoms with Crippen LogP contribution in [0.4, 0.5) is 0 Å². The van der Waals surface area contributed by atoms with E-state index in [9.17, 15) is 4.79 Å². The quantitative estimate of drug-likeness (QED) is 0.759. The molecule has 0 bridgehead atoms. The van der Waals surface area contributed by atoms with E-state index in [1.54, 1.807) is 11.3 Å². The summed E-state index contributed by atoms with van der Waals surface area (Å²) in [7, 11) is 0. The summed E-state index contributed by atoms with van der Waals surface area (Å²) in [5, 5.41) is 2.09. The summed E-state index contributed by atoms with van der Waals surface area (Å²) in [6.45, 7) is 2.06. The van der Waals surface area contributed by atoms with Crippen LogP contribution >= 0.6 is 11.3 Å². The number of carbonyl (C=O) groups excluding carboxylic acids is 1. The molecule has 0 radical (unpaired) electrons. The molecule has 18 heavy (non-hydrogen) atoms. The van der Waals surface area contributed by atoms with Crippen LogP contribution < -0.4 is 0 Å². The predicted octanol–water partition coefficient (Wildman–Crippen LogP) is 4.19. The zero-order valence-electron chi connectivity index (χ0n) is 10.7. The minimum atomic E-state index is 0.343. The summed E-state index contributed by atoms with van der Waals surface area (Å²) in [5.41, 5.74) is 2.37. The third-order valence-corrected chi connectivity index (χ3v) is 3.92. The lowest BCUT2D eigenvalue weighted by Gasteiger charge is -2.02. The first-order chi connectivity index (χ1) is 8.74. The molecule has 0 N–H and O–H groups in total. The van der Waals surface area contributed by atoms with Crippen molar-refractivity contribution in [3.05, 3.63) is 57.8 Å². The molecule has 0 saturated heterocycles. The number of rotatable bonds is 6. The van der Waals surface area contributed by atoms with E-state index < -0.39 is 0 Å². The average molecular weight is 258 g/mol. The molecule has 0 fully saturated rings. The molecule has 0 aliphatic heterocycles. The van der Waals surface area contributed by atoms with Crippen LogP contribution in [0.1, 0.15) is 28.8 Å². The Kier molecular flexibility index (Phi) is 4.71. The average Bonchev–Trinajstić information content (AvgIpc) is 2.85. The molecule has 1 heterocycles. The normalized spacial score (nSPS) is 10.5. The van der Waals surface area contributed by atoms with Crippen LogP contribution in [-0.2, 0) is 17.6 Å². The van der Waals surface area contributed by atoms with E-state index in [-0.39, 0.29) is 0 Å². The van der Waals surface area contributed by atoms with Crippen molar-refractivity contribution in [1.82, 2.24) is 0 Å². The van der Waals surface area contributed by atoms with Gasteiger partial charge in [-0.3, -0.25) is 4.79 Å². The Hall–Kier alpha value is -1.41. The Morgan fingerprint density at radius 2 is 1.94 bits per heavy atom. The van der Waals surface area contributed by atoms with Crippen molar-refractivity contribution in [3.8, 4) is 0 Å². The molecule has 0 aliphatic rings. The molecule has 1 aromatic carbocycles. The van der Waals surface area contributed by atoms with Crippen LogP contribution in [0.25, 0.3) is 0 Å². The van der Waals surface area contributed by atoms with E-state index in [1.165, 1.54) is 10.4 Å². The van der Waals surface area contributed by atoms with Crippen molar-refractivity contribution in [2.45, 2.75) is 32.6 Å². The van der Waals surface area contributed by atoms with Gasteiger partial charge in [-0.15, -0.1) is 11.3 Å². The van der Waals surface area contributed by atoms with Gasteiger partial charge in [-0.1, -0.05) is 35.9 Å². The van der Waals surface area contributed by atoms with Crippen molar-refractivity contribution < 1.29 is 4.79 Å². The third kappa shape index (κ3) is 4.11. The standard InChI is InChI=1S/C16H18OS/c1-13-7-9-14(10-8-13)12-15(17)4-2-5-16-6-3-11-18-16/h3,6-11H,2,4-5,12H2,1H3. The minimum Gasteiger partial charge on any atom is -0.299 e. The Morgan fingerprint density at radius 3 is 2.61 bits per heavy atom. The summed E-state index contributed by atoms with van der Waals surface area (Å²) < 4.78 is 0. The molecule has 1 aromatic heterocycles. The van der Waals surface area contributed by atoms with Gasteiger partial charge in [0.05, 0.1) is 0 Å². The van der Waals surface area contributed by atoms with E-state index in [0.717, 1.165) is 18.4 Å². The first-order valence-corrected chi connectivity index (χ1v) is 7.21. The lowest BCUT2D eigenvalue weighted by atomic mass is 10.0. The second-order valence-electron chi connectivity index (χ2n) is 4.63. The van der Waals surface area contributed by atoms with Crippen molar-refractivity contribution in [3.63, 3.8) is 0 Å². The lowest BCUT2D eigenvalue weighted by molar-refractivity contribution is -0.118. The fraction of sp³-hybridized carbons (Fsp3) is 0.312. The van der Waals surface area contributed by atoms with Gasteiger partial charge in [0.15, 0.2) is 0 Å². The number of hydrogen-bond acceptors (Lipinski definition) is 2. The third-order valence-electron chi connectivity index (χ3n) is 2.98. The van der Waals surface area contributed by atoms with Gasteiger partial charge in [-0.2, -0.15) is 0 Å². The van der Waals surface area contributed by atoms with Gasteiger partial charge in [0.2, 0.25) is 0 Å². The maximum Gasteiger partial charge on any atom is 0.137 e. The number of hydrogen-bond donors (Lipinski definition) is 0. The Labute approximate surface area is 112 Å². The van der Waals surface area contributed by atoms with Gasteiger partial charge in [0.25, 0.3) is 0 Å². The predicted molar refractivity (Wildman–Crippen MR) is 77.1 cm³/mol. The highest BCUT2D eigenvalue weighted by Gasteiger charge is 2.04. The van der Waals surface area contributed by atoms with Crippen LogP contribution in [0.5, 0.6) is 0 Å². The van der Waals surface area contributed by atoms with Gasteiger partial charge >= 0.3 is 0 Å². The monoisotopic (exact) mass is 258 g/mol. The Bertz CT molecular complexity index is 482. The number of ketones is 1. The molecule has 0 amide bonds. The van der Waals surface area contributed by atoms with Gasteiger partial charge in [0, 0.05) is 17.7 Å². The molecule has 94 valence electrons. The topological polar surface area (TPSA) is 17.1 Å². The largest absolute Gasteiger partial charge is 0.299 e. The summed E-state index contributed by atoms with van der Waals surface area (Å²) >= 11 is 1.77. The molecule has 1 nitrogen and oxygen atoms in total. The first kappa shape index (κ1) is 13.0. The van der Waals surface area contributed by atoms with Crippen molar-refractivity contribution >= 4 is 17.1 Å². The molecule has 0 saturated carbocycles. The fourth-order valence-electron chi connectivity index (χ4n) is 1.94. The molecule has 0 aliphatic carbocycles. The van der Waals surface area contributed by atoms with E-state index >= 15 is 0 Å². The molecule has 2 heteroatoms. The Balaban J connectivity index is 1.73. The molecule has 0 atom stereocenters. The Morgan fingerprint density at radius 1 is 1.17 bits per heavy atom. The molecular formula is C16H18OS. The minimum absolute atomic E-state index is 0.343. The van der Waals surface area contributed by atoms with Gasteiger partial charge in [0.1, 0.15) is 5.78 Å². The number of thiophene rings is 1. The molecule has 2 rings (SSSR count). The lowest BCUT2D eigenvalue weighted by Crippen LogP contribution is -2.03. The van der Waals surface area contributed by atoms with E-state index in [1.807, 2.05) is 12.1 Å². The van der Waals surface area contributed by atoms with Crippen LogP contribution in [0.15, 0.2) is 41.8 Å². The molecule has 0 unspecified atom stereocenters. The van der Waals surface area contributed by atoms with Crippen LogP contribution in [0.2, 0.25) is 0 Å².